The van der Waals surface area contributed by atoms with Gasteiger partial charge in [0.1, 0.15) is 12.4 Å². The van der Waals surface area contributed by atoms with E-state index in [4.69, 9.17) is 4.74 Å². The minimum atomic E-state index is -4.31. The van der Waals surface area contributed by atoms with Crippen LogP contribution in [0.1, 0.15) is 24.9 Å². The number of hydrogen-bond acceptors (Lipinski definition) is 4. The van der Waals surface area contributed by atoms with Crippen molar-refractivity contribution in [2.75, 3.05) is 59.2 Å². The molecule has 1 heterocycles. The first kappa shape index (κ1) is 27.9. The summed E-state index contributed by atoms with van der Waals surface area (Å²) in [5, 5.41) is 6.24. The van der Waals surface area contributed by atoms with Gasteiger partial charge in [0, 0.05) is 32.8 Å². The summed E-state index contributed by atoms with van der Waals surface area (Å²) in [6.45, 7) is 5.04. The Labute approximate surface area is 197 Å². The van der Waals surface area contributed by atoms with Crippen molar-refractivity contribution in [1.29, 1.82) is 0 Å². The molecule has 0 bridgehead atoms. The van der Waals surface area contributed by atoms with Crippen molar-refractivity contribution in [3.05, 3.63) is 35.6 Å². The molecule has 178 valence electrons. The lowest BCUT2D eigenvalue weighted by atomic mass is 10.0. The summed E-state index contributed by atoms with van der Waals surface area (Å²) in [6, 6.07) is 6.39. The van der Waals surface area contributed by atoms with Crippen LogP contribution in [0.4, 0.5) is 17.6 Å². The zero-order valence-electron chi connectivity index (χ0n) is 17.6. The maximum atomic E-state index is 13.3. The van der Waals surface area contributed by atoms with Gasteiger partial charge in [0.2, 0.25) is 0 Å². The molecule has 1 aliphatic rings. The van der Waals surface area contributed by atoms with Gasteiger partial charge in [0.05, 0.1) is 25.8 Å². The van der Waals surface area contributed by atoms with Crippen LogP contribution in [0.5, 0.6) is 0 Å². The first-order valence-corrected chi connectivity index (χ1v) is 10.1. The first-order chi connectivity index (χ1) is 14.4. The number of ether oxygens (including phenoxy) is 2. The molecule has 1 atom stereocenters. The van der Waals surface area contributed by atoms with Gasteiger partial charge in [-0.1, -0.05) is 12.1 Å². The lowest BCUT2D eigenvalue weighted by molar-refractivity contribution is -0.173. The highest BCUT2D eigenvalue weighted by Crippen LogP contribution is 2.22. The van der Waals surface area contributed by atoms with Gasteiger partial charge in [-0.25, -0.2) is 4.39 Å². The Morgan fingerprint density at radius 3 is 2.48 bits per heavy atom. The second kappa shape index (κ2) is 14.8. The largest absolute Gasteiger partial charge is 0.411 e. The Bertz CT molecular complexity index is 641. The molecule has 1 saturated heterocycles. The van der Waals surface area contributed by atoms with Gasteiger partial charge in [-0.15, -0.1) is 24.0 Å². The SMILES string of the molecule is CCNC(=NCC(c1ccc(F)cc1)N1CCOCC1)NCCCOCC(F)(F)F.I. The number of rotatable bonds is 10. The molecule has 1 unspecified atom stereocenters. The molecule has 0 radical (unpaired) electrons. The standard InChI is InChI=1S/C20H30F4N4O2.HI/c1-2-25-19(26-8-3-11-30-15-20(22,23)24)27-14-18(28-9-12-29-13-10-28)16-4-6-17(21)7-5-16;/h4-7,18H,2-3,8-15H2,1H3,(H2,25,26,27);1H. The predicted octanol–water partition coefficient (Wildman–Crippen LogP) is 3.34. The van der Waals surface area contributed by atoms with E-state index in [1.165, 1.54) is 12.1 Å². The Hall–Kier alpha value is -1.18. The zero-order chi connectivity index (χ0) is 21.8. The number of nitrogens with one attached hydrogen (secondary N) is 2. The van der Waals surface area contributed by atoms with Crippen LogP contribution in [-0.2, 0) is 9.47 Å². The van der Waals surface area contributed by atoms with Crippen molar-refractivity contribution in [3.63, 3.8) is 0 Å². The smallest absolute Gasteiger partial charge is 0.379 e. The third kappa shape index (κ3) is 11.3. The van der Waals surface area contributed by atoms with Crippen molar-refractivity contribution >= 4 is 29.9 Å². The van der Waals surface area contributed by atoms with Crippen LogP contribution in [0.25, 0.3) is 0 Å². The molecule has 1 aliphatic heterocycles. The number of benzene rings is 1. The average molecular weight is 562 g/mol. The molecule has 0 aliphatic carbocycles. The molecule has 2 rings (SSSR count). The quantitative estimate of drug-likeness (QED) is 0.151. The summed E-state index contributed by atoms with van der Waals surface area (Å²) in [5.41, 5.74) is 0.971. The minimum Gasteiger partial charge on any atom is -0.379 e. The number of nitrogens with zero attached hydrogens (tertiary/aromatic N) is 2. The first-order valence-electron chi connectivity index (χ1n) is 10.1. The number of hydrogen-bond donors (Lipinski definition) is 2. The third-order valence-electron chi connectivity index (χ3n) is 4.53. The Kier molecular flexibility index (Phi) is 13.3. The van der Waals surface area contributed by atoms with E-state index in [0.29, 0.717) is 45.2 Å². The number of aliphatic imine (C=N–C) groups is 1. The molecule has 0 amide bonds. The van der Waals surface area contributed by atoms with Gasteiger partial charge in [-0.2, -0.15) is 13.2 Å². The van der Waals surface area contributed by atoms with Crippen molar-refractivity contribution < 1.29 is 27.0 Å². The van der Waals surface area contributed by atoms with Crippen molar-refractivity contribution in [1.82, 2.24) is 15.5 Å². The van der Waals surface area contributed by atoms with Gasteiger partial charge in [-0.05, 0) is 31.0 Å². The summed E-state index contributed by atoms with van der Waals surface area (Å²) in [4.78, 5) is 6.90. The highest BCUT2D eigenvalue weighted by Gasteiger charge is 2.27. The molecule has 6 nitrogen and oxygen atoms in total. The number of guanidine groups is 1. The van der Waals surface area contributed by atoms with E-state index in [1.807, 2.05) is 6.92 Å². The van der Waals surface area contributed by atoms with Crippen LogP contribution < -0.4 is 10.6 Å². The van der Waals surface area contributed by atoms with Gasteiger partial charge >= 0.3 is 6.18 Å². The number of halogens is 5. The molecule has 0 saturated carbocycles. The van der Waals surface area contributed by atoms with Crippen molar-refractivity contribution in [2.24, 2.45) is 4.99 Å². The maximum Gasteiger partial charge on any atom is 0.411 e. The Morgan fingerprint density at radius 1 is 1.19 bits per heavy atom. The van der Waals surface area contributed by atoms with Crippen molar-refractivity contribution in [2.45, 2.75) is 25.6 Å². The van der Waals surface area contributed by atoms with Gasteiger partial charge in [-0.3, -0.25) is 9.89 Å². The normalized spacial score (nSPS) is 16.5. The van der Waals surface area contributed by atoms with Gasteiger partial charge in [0.25, 0.3) is 0 Å². The maximum absolute atomic E-state index is 13.3. The topological polar surface area (TPSA) is 58.1 Å². The summed E-state index contributed by atoms with van der Waals surface area (Å²) in [7, 11) is 0. The molecular weight excluding hydrogens is 531 g/mol. The van der Waals surface area contributed by atoms with Crippen LogP contribution in [0, 0.1) is 5.82 Å². The molecule has 1 aromatic carbocycles. The highest BCUT2D eigenvalue weighted by molar-refractivity contribution is 14.0. The van der Waals surface area contributed by atoms with Gasteiger partial charge < -0.3 is 20.1 Å². The van der Waals surface area contributed by atoms with E-state index in [0.717, 1.165) is 18.7 Å². The number of alkyl halides is 3. The zero-order valence-corrected chi connectivity index (χ0v) is 19.9. The van der Waals surface area contributed by atoms with E-state index in [-0.39, 0.29) is 42.4 Å². The fourth-order valence-electron chi connectivity index (χ4n) is 3.09. The van der Waals surface area contributed by atoms with E-state index in [2.05, 4.69) is 25.3 Å². The van der Waals surface area contributed by atoms with E-state index < -0.39 is 12.8 Å². The summed E-state index contributed by atoms with van der Waals surface area (Å²) in [5.74, 6) is 0.291. The minimum absolute atomic E-state index is 0. The second-order valence-electron chi connectivity index (χ2n) is 6.88. The molecular formula is C20H31F4IN4O2. The highest BCUT2D eigenvalue weighted by atomic mass is 127. The van der Waals surface area contributed by atoms with Crippen LogP contribution in [0.15, 0.2) is 29.3 Å². The second-order valence-corrected chi connectivity index (χ2v) is 6.88. The number of morpholine rings is 1. The van der Waals surface area contributed by atoms with Crippen LogP contribution in [0.2, 0.25) is 0 Å². The lowest BCUT2D eigenvalue weighted by Crippen LogP contribution is -2.42. The summed E-state index contributed by atoms with van der Waals surface area (Å²) >= 11 is 0. The Morgan fingerprint density at radius 2 is 1.87 bits per heavy atom. The molecule has 11 heteroatoms. The molecule has 2 N–H and O–H groups in total. The monoisotopic (exact) mass is 562 g/mol. The van der Waals surface area contributed by atoms with Crippen LogP contribution in [-0.4, -0.2) is 76.2 Å². The van der Waals surface area contributed by atoms with Gasteiger partial charge in [0.15, 0.2) is 5.96 Å². The Balaban J connectivity index is 0.00000480. The molecule has 1 fully saturated rings. The lowest BCUT2D eigenvalue weighted by Gasteiger charge is -2.34. The summed E-state index contributed by atoms with van der Waals surface area (Å²) < 4.78 is 59.6. The average Bonchev–Trinajstić information content (AvgIpc) is 2.72. The molecule has 31 heavy (non-hydrogen) atoms. The van der Waals surface area contributed by atoms with E-state index >= 15 is 0 Å². The molecule has 0 spiro atoms. The van der Waals surface area contributed by atoms with Crippen LogP contribution >= 0.6 is 24.0 Å². The van der Waals surface area contributed by atoms with E-state index in [9.17, 15) is 17.6 Å². The fourth-order valence-corrected chi connectivity index (χ4v) is 3.09. The summed E-state index contributed by atoms with van der Waals surface area (Å²) in [6.07, 6.45) is -3.88. The third-order valence-corrected chi connectivity index (χ3v) is 4.53. The van der Waals surface area contributed by atoms with Crippen molar-refractivity contribution in [3.8, 4) is 0 Å². The van der Waals surface area contributed by atoms with E-state index in [1.54, 1.807) is 12.1 Å². The predicted molar refractivity (Wildman–Crippen MR) is 122 cm³/mol. The van der Waals surface area contributed by atoms with Crippen LogP contribution in [0.3, 0.4) is 0 Å². The fraction of sp³-hybridized carbons (Fsp3) is 0.650. The molecule has 1 aromatic rings. The molecule has 0 aromatic heterocycles.